The van der Waals surface area contributed by atoms with E-state index in [2.05, 4.69) is 10.3 Å². The summed E-state index contributed by atoms with van der Waals surface area (Å²) in [7, 11) is 1.66. The number of hydrogen-bond acceptors (Lipinski definition) is 4. The summed E-state index contributed by atoms with van der Waals surface area (Å²) in [5, 5.41) is 3.60. The Kier molecular flexibility index (Phi) is 5.06. The summed E-state index contributed by atoms with van der Waals surface area (Å²) in [5.74, 6) is 0.151. The fraction of sp³-hybridized carbons (Fsp3) is 0.364. The van der Waals surface area contributed by atoms with Gasteiger partial charge in [-0.25, -0.2) is 4.21 Å². The number of aryl methyl sites for hydroxylation is 1. The maximum Gasteiger partial charge on any atom is 0.274 e. The van der Waals surface area contributed by atoms with Gasteiger partial charge >= 0.3 is 0 Å². The van der Waals surface area contributed by atoms with Crippen LogP contribution in [-0.2, 0) is 27.7 Å². The molecule has 3 aromatic rings. The third kappa shape index (κ3) is 3.37. The number of H-pyrrole nitrogens is 1. The van der Waals surface area contributed by atoms with E-state index in [9.17, 15) is 18.4 Å². The number of aromatic amines is 1. The van der Waals surface area contributed by atoms with Crippen molar-refractivity contribution in [2.24, 2.45) is 13.0 Å². The van der Waals surface area contributed by atoms with E-state index < -0.39 is 21.9 Å². The molecule has 2 unspecified atom stereocenters. The summed E-state index contributed by atoms with van der Waals surface area (Å²) >= 11 is -2.16. The fourth-order valence-electron chi connectivity index (χ4n) is 3.80. The Labute approximate surface area is 181 Å². The number of nitrogens with zero attached hydrogens (tertiary/aromatic N) is 1. The van der Waals surface area contributed by atoms with Gasteiger partial charge in [-0.15, -0.1) is 0 Å². The summed E-state index contributed by atoms with van der Waals surface area (Å²) in [6.07, 6.45) is 2.73. The zero-order chi connectivity index (χ0) is 22.7. The molecular weight excluding hydrogens is 418 g/mol. The van der Waals surface area contributed by atoms with Crippen molar-refractivity contribution in [2.45, 2.75) is 38.5 Å². The Hall–Kier alpha value is -2.91. The molecule has 4 rings (SSSR count). The van der Waals surface area contributed by atoms with Crippen molar-refractivity contribution in [3.8, 4) is 16.9 Å². The molecule has 0 spiro atoms. The summed E-state index contributed by atoms with van der Waals surface area (Å²) in [5.41, 5.74) is 2.63. The lowest BCUT2D eigenvalue weighted by Gasteiger charge is -2.32. The molecule has 1 amide bonds. The first-order valence-electron chi connectivity index (χ1n) is 9.96. The highest BCUT2D eigenvalue weighted by molar-refractivity contribution is 7.80. The van der Waals surface area contributed by atoms with E-state index in [4.69, 9.17) is 4.74 Å². The number of carbonyl (C=O) groups excluding carboxylic acids is 1. The van der Waals surface area contributed by atoms with Crippen LogP contribution in [0.4, 0.5) is 5.69 Å². The van der Waals surface area contributed by atoms with Crippen LogP contribution >= 0.6 is 0 Å². The minimum atomic E-state index is -2.16. The number of benzene rings is 1. The van der Waals surface area contributed by atoms with Gasteiger partial charge in [0, 0.05) is 36.0 Å². The molecule has 3 N–H and O–H groups in total. The predicted octanol–water partition coefficient (Wildman–Crippen LogP) is 3.35. The molecule has 31 heavy (non-hydrogen) atoms. The third-order valence-corrected chi connectivity index (χ3v) is 6.88. The first-order valence-corrected chi connectivity index (χ1v) is 11.1. The van der Waals surface area contributed by atoms with Crippen LogP contribution in [-0.4, -0.2) is 30.3 Å². The third-order valence-electron chi connectivity index (χ3n) is 5.77. The van der Waals surface area contributed by atoms with E-state index in [1.165, 1.54) is 4.57 Å². The number of pyridine rings is 1. The number of rotatable bonds is 4. The summed E-state index contributed by atoms with van der Waals surface area (Å²) in [6.45, 7) is 7.11. The largest absolute Gasteiger partial charge is 0.477 e. The molecular formula is C22H25N3O5S. The number of nitrogens with one attached hydrogen (secondary N) is 2. The maximum absolute atomic E-state index is 12.6. The molecule has 9 heteroatoms. The summed E-state index contributed by atoms with van der Waals surface area (Å²) in [4.78, 5) is 28.1. The molecule has 2 atom stereocenters. The van der Waals surface area contributed by atoms with Gasteiger partial charge in [0.05, 0.1) is 10.4 Å². The van der Waals surface area contributed by atoms with Crippen molar-refractivity contribution in [1.82, 2.24) is 9.55 Å². The van der Waals surface area contributed by atoms with Gasteiger partial charge in [-0.05, 0) is 43.5 Å². The SMILES string of the molecule is CC(C)C1Oc2c(cc(C(C)(C)S(=O)O)cc2-c2cn(C)c(=O)c3[nH]ccc23)NC1=O. The number of amides is 1. The number of fused-ring (bicyclic) bond motifs is 2. The van der Waals surface area contributed by atoms with Gasteiger partial charge in [-0.3, -0.25) is 9.59 Å². The molecule has 0 aliphatic carbocycles. The zero-order valence-corrected chi connectivity index (χ0v) is 18.8. The molecule has 0 bridgehead atoms. The van der Waals surface area contributed by atoms with Crippen molar-refractivity contribution in [3.63, 3.8) is 0 Å². The average Bonchev–Trinajstić information content (AvgIpc) is 3.19. The minimum absolute atomic E-state index is 0.0607. The normalized spacial score (nSPS) is 17.4. The molecule has 0 saturated carbocycles. The van der Waals surface area contributed by atoms with E-state index in [1.54, 1.807) is 45.4 Å². The second-order valence-electron chi connectivity index (χ2n) is 8.66. The number of hydrogen-bond donors (Lipinski definition) is 3. The molecule has 3 heterocycles. The lowest BCUT2D eigenvalue weighted by atomic mass is 9.92. The molecule has 0 saturated heterocycles. The van der Waals surface area contributed by atoms with Crippen molar-refractivity contribution >= 4 is 33.6 Å². The van der Waals surface area contributed by atoms with Gasteiger partial charge in [0.25, 0.3) is 11.5 Å². The van der Waals surface area contributed by atoms with Gasteiger partial charge < -0.3 is 24.2 Å². The number of anilines is 1. The first-order chi connectivity index (χ1) is 14.5. The van der Waals surface area contributed by atoms with Crippen LogP contribution in [0.5, 0.6) is 5.75 Å². The lowest BCUT2D eigenvalue weighted by Crippen LogP contribution is -2.41. The lowest BCUT2D eigenvalue weighted by molar-refractivity contribution is -0.125. The monoisotopic (exact) mass is 443 g/mol. The van der Waals surface area contributed by atoms with Crippen LogP contribution in [0.15, 0.2) is 35.4 Å². The standard InChI is InChI=1S/C22H25N3O5S/c1-11(2)18-20(26)24-16-9-12(22(3,4)31(28)29)8-14(19(16)30-18)15-10-25(5)21(27)17-13(15)6-7-23-17/h6-11,18,23H,1-5H3,(H,24,26)(H,28,29). The van der Waals surface area contributed by atoms with Gasteiger partial charge in [0.2, 0.25) is 0 Å². The van der Waals surface area contributed by atoms with Crippen LogP contribution in [0, 0.1) is 5.92 Å². The van der Waals surface area contributed by atoms with Crippen LogP contribution in [0.2, 0.25) is 0 Å². The van der Waals surface area contributed by atoms with Crippen LogP contribution in [0.1, 0.15) is 33.3 Å². The van der Waals surface area contributed by atoms with Crippen LogP contribution in [0.3, 0.4) is 0 Å². The molecule has 8 nitrogen and oxygen atoms in total. The zero-order valence-electron chi connectivity index (χ0n) is 18.0. The molecule has 1 aliphatic rings. The second kappa shape index (κ2) is 7.35. The summed E-state index contributed by atoms with van der Waals surface area (Å²) in [6, 6.07) is 5.29. The quantitative estimate of drug-likeness (QED) is 0.535. The Morgan fingerprint density at radius 3 is 2.58 bits per heavy atom. The maximum atomic E-state index is 12.6. The van der Waals surface area contributed by atoms with E-state index in [-0.39, 0.29) is 17.4 Å². The molecule has 0 fully saturated rings. The molecule has 2 aromatic heterocycles. The van der Waals surface area contributed by atoms with Gasteiger partial charge in [0.15, 0.2) is 22.9 Å². The Balaban J connectivity index is 2.06. The smallest absolute Gasteiger partial charge is 0.274 e. The highest BCUT2D eigenvalue weighted by atomic mass is 32.2. The number of carbonyl (C=O) groups is 1. The molecule has 1 aromatic carbocycles. The van der Waals surface area contributed by atoms with Crippen LogP contribution < -0.4 is 15.6 Å². The van der Waals surface area contributed by atoms with Crippen molar-refractivity contribution in [2.75, 3.05) is 5.32 Å². The first kappa shape index (κ1) is 21.3. The van der Waals surface area contributed by atoms with Crippen molar-refractivity contribution in [1.29, 1.82) is 0 Å². The van der Waals surface area contributed by atoms with Gasteiger partial charge in [-0.2, -0.15) is 0 Å². The average molecular weight is 444 g/mol. The second-order valence-corrected chi connectivity index (χ2v) is 10.2. The summed E-state index contributed by atoms with van der Waals surface area (Å²) < 4.78 is 28.5. The van der Waals surface area contributed by atoms with Gasteiger partial charge in [-0.1, -0.05) is 13.8 Å². The highest BCUT2D eigenvalue weighted by Gasteiger charge is 2.36. The van der Waals surface area contributed by atoms with E-state index in [1.807, 2.05) is 19.9 Å². The Bertz CT molecular complexity index is 1290. The predicted molar refractivity (Wildman–Crippen MR) is 121 cm³/mol. The van der Waals surface area contributed by atoms with Crippen molar-refractivity contribution < 1.29 is 18.3 Å². The molecule has 164 valence electrons. The van der Waals surface area contributed by atoms with E-state index >= 15 is 0 Å². The Morgan fingerprint density at radius 1 is 1.23 bits per heavy atom. The van der Waals surface area contributed by atoms with E-state index in [0.29, 0.717) is 33.5 Å². The molecule has 1 aliphatic heterocycles. The fourth-order valence-corrected chi connectivity index (χ4v) is 4.12. The highest BCUT2D eigenvalue weighted by Crippen LogP contribution is 2.45. The number of ether oxygens (including phenoxy) is 1. The Morgan fingerprint density at radius 2 is 1.94 bits per heavy atom. The topological polar surface area (TPSA) is 113 Å². The van der Waals surface area contributed by atoms with Crippen molar-refractivity contribution in [3.05, 3.63) is 46.5 Å². The van der Waals surface area contributed by atoms with E-state index in [0.717, 1.165) is 5.56 Å². The number of aromatic nitrogens is 2. The van der Waals surface area contributed by atoms with Crippen LogP contribution in [0.25, 0.3) is 22.0 Å². The van der Waals surface area contributed by atoms with Gasteiger partial charge in [0.1, 0.15) is 5.52 Å². The minimum Gasteiger partial charge on any atom is -0.477 e. The molecule has 0 radical (unpaired) electrons.